The number of nitrogens with zero attached hydrogens (tertiary/aromatic N) is 2. The Bertz CT molecular complexity index is 1120. The van der Waals surface area contributed by atoms with Crippen molar-refractivity contribution in [3.63, 3.8) is 0 Å². The van der Waals surface area contributed by atoms with E-state index in [1.165, 1.54) is 11.9 Å². The lowest BCUT2D eigenvalue weighted by Gasteiger charge is -2.20. The van der Waals surface area contributed by atoms with Crippen LogP contribution in [0, 0.1) is 0 Å². The molecule has 3 aromatic rings. The number of H-pyrrole nitrogens is 1. The number of carbonyl (C=O) groups is 3. The quantitative estimate of drug-likeness (QED) is 0.574. The third-order valence-electron chi connectivity index (χ3n) is 5.55. The Morgan fingerprint density at radius 2 is 1.90 bits per heavy atom. The van der Waals surface area contributed by atoms with Crippen LogP contribution in [-0.2, 0) is 9.59 Å². The van der Waals surface area contributed by atoms with Gasteiger partial charge in [0.05, 0.1) is 7.11 Å². The molecule has 1 fully saturated rings. The third-order valence-corrected chi connectivity index (χ3v) is 5.55. The van der Waals surface area contributed by atoms with Crippen molar-refractivity contribution in [1.29, 1.82) is 0 Å². The number of para-hydroxylation sites is 1. The number of imide groups is 1. The summed E-state index contributed by atoms with van der Waals surface area (Å²) in [5.41, 5.74) is 3.08. The van der Waals surface area contributed by atoms with Gasteiger partial charge in [-0.3, -0.25) is 14.5 Å². The van der Waals surface area contributed by atoms with Gasteiger partial charge in [0.15, 0.2) is 0 Å². The summed E-state index contributed by atoms with van der Waals surface area (Å²) in [4.78, 5) is 42.1. The summed E-state index contributed by atoms with van der Waals surface area (Å²) >= 11 is 0. The summed E-state index contributed by atoms with van der Waals surface area (Å²) in [7, 11) is 3.15. The molecule has 2 N–H and O–H groups in total. The Labute approximate surface area is 179 Å². The lowest BCUT2D eigenvalue weighted by molar-refractivity contribution is -0.130. The molecule has 0 aliphatic carbocycles. The van der Waals surface area contributed by atoms with Crippen molar-refractivity contribution in [1.82, 2.24) is 20.1 Å². The zero-order valence-electron chi connectivity index (χ0n) is 17.4. The van der Waals surface area contributed by atoms with Crippen LogP contribution in [0.5, 0.6) is 5.75 Å². The molecule has 1 aliphatic rings. The highest BCUT2D eigenvalue weighted by atomic mass is 16.5. The highest BCUT2D eigenvalue weighted by Crippen LogP contribution is 2.31. The van der Waals surface area contributed by atoms with Crippen molar-refractivity contribution in [2.75, 3.05) is 33.8 Å². The number of benzene rings is 2. The van der Waals surface area contributed by atoms with Gasteiger partial charge in [0.25, 0.3) is 5.91 Å². The van der Waals surface area contributed by atoms with Gasteiger partial charge in [0.1, 0.15) is 18.8 Å². The zero-order valence-corrected chi connectivity index (χ0v) is 17.4. The topological polar surface area (TPSA) is 94.7 Å². The van der Waals surface area contributed by atoms with E-state index in [9.17, 15) is 14.4 Å². The Hall–Kier alpha value is -3.81. The van der Waals surface area contributed by atoms with E-state index >= 15 is 0 Å². The number of hydrogen-bond donors (Lipinski definition) is 2. The predicted octanol–water partition coefficient (Wildman–Crippen LogP) is 2.32. The second-order valence-electron chi connectivity index (χ2n) is 7.54. The number of nitrogens with one attached hydrogen (secondary N) is 2. The van der Waals surface area contributed by atoms with Gasteiger partial charge in [-0.15, -0.1) is 0 Å². The minimum atomic E-state index is -0.455. The molecule has 0 radical (unpaired) electrons. The number of ether oxygens (including phenoxy) is 1. The molecule has 4 rings (SSSR count). The van der Waals surface area contributed by atoms with Gasteiger partial charge in [-0.25, -0.2) is 4.79 Å². The van der Waals surface area contributed by atoms with Crippen molar-refractivity contribution in [2.45, 2.75) is 5.92 Å². The summed E-state index contributed by atoms with van der Waals surface area (Å²) < 4.78 is 5.26. The van der Waals surface area contributed by atoms with Crippen LogP contribution in [0.25, 0.3) is 10.9 Å². The largest absolute Gasteiger partial charge is 0.497 e. The molecule has 8 heteroatoms. The number of aromatic amines is 1. The van der Waals surface area contributed by atoms with E-state index in [0.29, 0.717) is 6.54 Å². The van der Waals surface area contributed by atoms with Crippen LogP contribution in [0.4, 0.5) is 4.79 Å². The molecule has 1 unspecified atom stereocenters. The first-order valence-electron chi connectivity index (χ1n) is 10.00. The summed E-state index contributed by atoms with van der Waals surface area (Å²) in [5.74, 6) is -0.124. The SMILES string of the molecule is COc1ccc(C(CNC(=O)CN2C(=O)CN(C)C2=O)c2c[nH]c3ccccc23)cc1. The smallest absolute Gasteiger partial charge is 0.327 e. The van der Waals surface area contributed by atoms with Crippen LogP contribution in [0.3, 0.4) is 0 Å². The van der Waals surface area contributed by atoms with Crippen molar-refractivity contribution in [3.05, 3.63) is 65.9 Å². The van der Waals surface area contributed by atoms with Gasteiger partial charge in [-0.05, 0) is 29.3 Å². The molecule has 1 aromatic heterocycles. The average Bonchev–Trinajstić information content (AvgIpc) is 3.31. The van der Waals surface area contributed by atoms with Gasteiger partial charge in [-0.1, -0.05) is 30.3 Å². The number of urea groups is 1. The molecule has 0 spiro atoms. The molecule has 8 nitrogen and oxygen atoms in total. The van der Waals surface area contributed by atoms with Gasteiger partial charge in [0, 0.05) is 36.6 Å². The number of methoxy groups -OCH3 is 1. The van der Waals surface area contributed by atoms with E-state index in [1.54, 1.807) is 7.11 Å². The molecular formula is C23H24N4O4. The maximum absolute atomic E-state index is 12.6. The maximum Gasteiger partial charge on any atom is 0.327 e. The van der Waals surface area contributed by atoms with E-state index in [2.05, 4.69) is 10.3 Å². The fourth-order valence-corrected chi connectivity index (χ4v) is 3.87. The highest BCUT2D eigenvalue weighted by molar-refractivity contribution is 6.04. The summed E-state index contributed by atoms with van der Waals surface area (Å²) in [5, 5.41) is 3.97. The molecule has 1 aliphatic heterocycles. The molecule has 0 bridgehead atoms. The molecule has 1 saturated heterocycles. The number of likely N-dealkylation sites (N-methyl/N-ethyl adjacent to an activating group) is 1. The normalized spacial score (nSPS) is 14.9. The molecule has 2 aromatic carbocycles. The third kappa shape index (κ3) is 4.09. The van der Waals surface area contributed by atoms with E-state index in [1.807, 2.05) is 54.7 Å². The first kappa shape index (κ1) is 20.5. The van der Waals surface area contributed by atoms with E-state index in [-0.39, 0.29) is 30.8 Å². The predicted molar refractivity (Wildman–Crippen MR) is 116 cm³/mol. The van der Waals surface area contributed by atoms with Crippen molar-refractivity contribution < 1.29 is 19.1 Å². The number of carbonyl (C=O) groups excluding carboxylic acids is 3. The molecule has 2 heterocycles. The molecule has 4 amide bonds. The zero-order chi connectivity index (χ0) is 22.0. The van der Waals surface area contributed by atoms with Crippen LogP contribution in [0.15, 0.2) is 54.7 Å². The first-order valence-corrected chi connectivity index (χ1v) is 10.00. The molecule has 160 valence electrons. The monoisotopic (exact) mass is 420 g/mol. The van der Waals surface area contributed by atoms with Gasteiger partial charge >= 0.3 is 6.03 Å². The maximum atomic E-state index is 12.6. The van der Waals surface area contributed by atoms with Crippen LogP contribution in [-0.4, -0.2) is 66.4 Å². The number of fused-ring (bicyclic) bond motifs is 1. The average molecular weight is 420 g/mol. The van der Waals surface area contributed by atoms with Crippen LogP contribution in [0.1, 0.15) is 17.0 Å². The standard InChI is InChI=1S/C23H24N4O4/c1-26-14-22(29)27(23(26)30)13-21(28)25-11-18(15-7-9-16(31-2)10-8-15)19-12-24-20-6-4-3-5-17(19)20/h3-10,12,18,24H,11,13-14H2,1-2H3,(H,25,28). The lowest BCUT2D eigenvalue weighted by Crippen LogP contribution is -2.42. The number of hydrogen-bond acceptors (Lipinski definition) is 4. The first-order chi connectivity index (χ1) is 15.0. The summed E-state index contributed by atoms with van der Waals surface area (Å²) in [6.45, 7) is 0.0280. The highest BCUT2D eigenvalue weighted by Gasteiger charge is 2.34. The molecular weight excluding hydrogens is 396 g/mol. The van der Waals surface area contributed by atoms with Crippen molar-refractivity contribution in [3.8, 4) is 5.75 Å². The minimum Gasteiger partial charge on any atom is -0.497 e. The van der Waals surface area contributed by atoms with E-state index in [4.69, 9.17) is 4.74 Å². The van der Waals surface area contributed by atoms with E-state index in [0.717, 1.165) is 32.7 Å². The second kappa shape index (κ2) is 8.51. The lowest BCUT2D eigenvalue weighted by atomic mass is 9.90. The van der Waals surface area contributed by atoms with Crippen LogP contribution in [0.2, 0.25) is 0 Å². The van der Waals surface area contributed by atoms with E-state index < -0.39 is 6.03 Å². The fourth-order valence-electron chi connectivity index (χ4n) is 3.87. The Morgan fingerprint density at radius 1 is 1.16 bits per heavy atom. The Balaban J connectivity index is 1.55. The van der Waals surface area contributed by atoms with Gasteiger partial charge in [0.2, 0.25) is 5.91 Å². The Kier molecular flexibility index (Phi) is 5.62. The minimum absolute atomic E-state index is 0.00404. The molecule has 0 saturated carbocycles. The van der Waals surface area contributed by atoms with Crippen LogP contribution >= 0.6 is 0 Å². The summed E-state index contributed by atoms with van der Waals surface area (Å²) in [6, 6.07) is 15.2. The fraction of sp³-hybridized carbons (Fsp3) is 0.261. The Morgan fingerprint density at radius 3 is 2.58 bits per heavy atom. The number of aromatic nitrogens is 1. The van der Waals surface area contributed by atoms with Gasteiger partial charge in [-0.2, -0.15) is 0 Å². The number of rotatable bonds is 7. The number of amides is 4. The second-order valence-corrected chi connectivity index (χ2v) is 7.54. The molecule has 31 heavy (non-hydrogen) atoms. The van der Waals surface area contributed by atoms with Crippen molar-refractivity contribution in [2.24, 2.45) is 0 Å². The molecule has 1 atom stereocenters. The summed E-state index contributed by atoms with van der Waals surface area (Å²) in [6.07, 6.45) is 1.95. The van der Waals surface area contributed by atoms with Crippen molar-refractivity contribution >= 4 is 28.7 Å². The van der Waals surface area contributed by atoms with Gasteiger partial charge < -0.3 is 19.9 Å². The van der Waals surface area contributed by atoms with Crippen LogP contribution < -0.4 is 10.1 Å².